The van der Waals surface area contributed by atoms with E-state index in [4.69, 9.17) is 11.6 Å². The Morgan fingerprint density at radius 1 is 1.00 bits per heavy atom. The Hall–Kier alpha value is -4.51. The molecule has 0 fully saturated rings. The van der Waals surface area contributed by atoms with Gasteiger partial charge in [0.15, 0.2) is 5.65 Å². The van der Waals surface area contributed by atoms with Crippen LogP contribution in [0.5, 0.6) is 0 Å². The Balaban J connectivity index is 1.38. The zero-order valence-electron chi connectivity index (χ0n) is 18.8. The van der Waals surface area contributed by atoms with Crippen molar-refractivity contribution < 1.29 is 4.79 Å². The fourth-order valence-corrected chi connectivity index (χ4v) is 4.15. The number of hydrogen-bond donors (Lipinski definition) is 1. The third-order valence-electron chi connectivity index (χ3n) is 5.84. The van der Waals surface area contributed by atoms with Gasteiger partial charge in [-0.05, 0) is 35.9 Å². The van der Waals surface area contributed by atoms with Gasteiger partial charge in [0.05, 0.1) is 18.4 Å². The number of nitrogens with zero attached hydrogens (tertiary/aromatic N) is 9. The number of carbonyl (C=O) groups excluding carboxylic acids is 1. The SMILES string of the molecule is CN1C(=O)N(Cc2ccc(Cl)cc2)c2nnc3cc(-c4ccnc(Nc5ccnn5C)n4)cc1n23. The van der Waals surface area contributed by atoms with Crippen LogP contribution >= 0.6 is 11.6 Å². The number of benzene rings is 1. The van der Waals surface area contributed by atoms with E-state index in [-0.39, 0.29) is 6.03 Å². The number of pyridine rings is 1. The Bertz CT molecular complexity index is 1580. The molecule has 6 rings (SSSR count). The predicted octanol–water partition coefficient (Wildman–Crippen LogP) is 3.89. The molecular weight excluding hydrogens is 468 g/mol. The maximum atomic E-state index is 13.3. The highest BCUT2D eigenvalue weighted by Crippen LogP contribution is 2.33. The number of halogens is 1. The zero-order valence-corrected chi connectivity index (χ0v) is 19.5. The van der Waals surface area contributed by atoms with Crippen LogP contribution in [0.2, 0.25) is 5.02 Å². The number of rotatable bonds is 5. The molecule has 0 saturated heterocycles. The van der Waals surface area contributed by atoms with Gasteiger partial charge >= 0.3 is 6.03 Å². The van der Waals surface area contributed by atoms with Crippen molar-refractivity contribution >= 4 is 46.8 Å². The third kappa shape index (κ3) is 3.62. The lowest BCUT2D eigenvalue weighted by Crippen LogP contribution is -2.46. The molecule has 35 heavy (non-hydrogen) atoms. The first kappa shape index (κ1) is 21.1. The lowest BCUT2D eigenvalue weighted by atomic mass is 10.1. The molecule has 12 heteroatoms. The second-order valence-electron chi connectivity index (χ2n) is 8.08. The van der Waals surface area contributed by atoms with Crippen LogP contribution in [0.1, 0.15) is 5.56 Å². The van der Waals surface area contributed by atoms with Gasteiger partial charge in [0.2, 0.25) is 11.9 Å². The van der Waals surface area contributed by atoms with Gasteiger partial charge in [0.1, 0.15) is 11.6 Å². The van der Waals surface area contributed by atoms with Crippen LogP contribution in [0.4, 0.5) is 28.3 Å². The maximum absolute atomic E-state index is 13.3. The highest BCUT2D eigenvalue weighted by atomic mass is 35.5. The first-order valence-electron chi connectivity index (χ1n) is 10.8. The van der Waals surface area contributed by atoms with Crippen molar-refractivity contribution in [3.05, 3.63) is 71.5 Å². The number of amides is 2. The lowest BCUT2D eigenvalue weighted by Gasteiger charge is -2.32. The number of hydrogen-bond acceptors (Lipinski definition) is 7. The van der Waals surface area contributed by atoms with Gasteiger partial charge < -0.3 is 5.32 Å². The monoisotopic (exact) mass is 486 g/mol. The van der Waals surface area contributed by atoms with Crippen LogP contribution in [0.15, 0.2) is 60.9 Å². The minimum atomic E-state index is -0.208. The van der Waals surface area contributed by atoms with Gasteiger partial charge in [-0.2, -0.15) is 5.10 Å². The van der Waals surface area contributed by atoms with Crippen LogP contribution in [0, 0.1) is 0 Å². The van der Waals surface area contributed by atoms with Crippen molar-refractivity contribution in [1.82, 2.24) is 34.3 Å². The molecule has 1 N–H and O–H groups in total. The fourth-order valence-electron chi connectivity index (χ4n) is 4.02. The van der Waals surface area contributed by atoms with E-state index in [2.05, 4.69) is 30.6 Å². The van der Waals surface area contributed by atoms with Crippen LogP contribution in [-0.2, 0) is 13.6 Å². The van der Waals surface area contributed by atoms with Crippen molar-refractivity contribution in [1.29, 1.82) is 0 Å². The topological polar surface area (TPSA) is 109 Å². The number of aryl methyl sites for hydroxylation is 1. The van der Waals surface area contributed by atoms with Gasteiger partial charge in [-0.25, -0.2) is 19.2 Å². The van der Waals surface area contributed by atoms with Crippen molar-refractivity contribution in [3.63, 3.8) is 0 Å². The minimum Gasteiger partial charge on any atom is -0.309 e. The normalized spacial score (nSPS) is 13.1. The number of carbonyl (C=O) groups is 1. The second kappa shape index (κ2) is 8.06. The van der Waals surface area contributed by atoms with E-state index in [1.54, 1.807) is 46.1 Å². The molecule has 1 aromatic carbocycles. The average molecular weight is 487 g/mol. The summed E-state index contributed by atoms with van der Waals surface area (Å²) in [6.45, 7) is 0.345. The summed E-state index contributed by atoms with van der Waals surface area (Å²) in [5.74, 6) is 2.30. The zero-order chi connectivity index (χ0) is 24.1. The molecule has 0 spiro atoms. The van der Waals surface area contributed by atoms with E-state index >= 15 is 0 Å². The Morgan fingerprint density at radius 2 is 1.83 bits per heavy atom. The number of anilines is 4. The molecule has 5 aromatic rings. The summed E-state index contributed by atoms with van der Waals surface area (Å²) in [5, 5.41) is 16.6. The van der Waals surface area contributed by atoms with E-state index in [0.717, 1.165) is 16.9 Å². The smallest absolute Gasteiger partial charge is 0.309 e. The molecule has 174 valence electrons. The van der Waals surface area contributed by atoms with E-state index in [9.17, 15) is 4.79 Å². The number of nitrogens with one attached hydrogen (secondary N) is 1. The van der Waals surface area contributed by atoms with Crippen molar-refractivity contribution in [2.75, 3.05) is 22.2 Å². The van der Waals surface area contributed by atoms with Gasteiger partial charge in [0.25, 0.3) is 0 Å². The van der Waals surface area contributed by atoms with Crippen molar-refractivity contribution in [2.24, 2.45) is 7.05 Å². The molecule has 0 atom stereocenters. The predicted molar refractivity (Wildman–Crippen MR) is 132 cm³/mol. The number of aromatic nitrogens is 7. The molecular formula is C23H19ClN10O. The van der Waals surface area contributed by atoms with Crippen LogP contribution in [0.3, 0.4) is 0 Å². The highest BCUT2D eigenvalue weighted by molar-refractivity contribution is 6.30. The van der Waals surface area contributed by atoms with Gasteiger partial charge in [-0.1, -0.05) is 23.7 Å². The quantitative estimate of drug-likeness (QED) is 0.401. The summed E-state index contributed by atoms with van der Waals surface area (Å²) in [6, 6.07) is 14.6. The van der Waals surface area contributed by atoms with E-state index in [1.807, 2.05) is 47.8 Å². The summed E-state index contributed by atoms with van der Waals surface area (Å²) < 4.78 is 3.55. The molecule has 0 saturated carbocycles. The van der Waals surface area contributed by atoms with Gasteiger partial charge in [-0.3, -0.25) is 14.5 Å². The Kier molecular flexibility index (Phi) is 4.85. The summed E-state index contributed by atoms with van der Waals surface area (Å²) in [4.78, 5) is 25.4. The van der Waals surface area contributed by atoms with E-state index < -0.39 is 0 Å². The van der Waals surface area contributed by atoms with E-state index in [0.29, 0.717) is 40.6 Å². The van der Waals surface area contributed by atoms with Crippen LogP contribution < -0.4 is 15.1 Å². The molecule has 0 radical (unpaired) electrons. The fraction of sp³-hybridized carbons (Fsp3) is 0.130. The molecule has 1 aliphatic rings. The third-order valence-corrected chi connectivity index (χ3v) is 6.09. The first-order chi connectivity index (χ1) is 17.0. The van der Waals surface area contributed by atoms with Crippen molar-refractivity contribution in [3.8, 4) is 11.3 Å². The summed E-state index contributed by atoms with van der Waals surface area (Å²) in [7, 11) is 3.56. The molecule has 0 aliphatic carbocycles. The molecule has 2 amide bonds. The Morgan fingerprint density at radius 3 is 2.60 bits per heavy atom. The standard InChI is InChI=1S/C23H19ClN10O/c1-31-20-12-15(17-7-9-25-21(27-17)28-18-8-10-26-32(18)2)11-19-29-30-22(34(19)20)33(23(31)35)13-14-3-5-16(24)6-4-14/h3-12H,13H2,1-2H3,(H,25,27,28). The van der Waals surface area contributed by atoms with Gasteiger partial charge in [-0.15, -0.1) is 10.2 Å². The molecule has 5 heterocycles. The first-order valence-corrected chi connectivity index (χ1v) is 11.1. The maximum Gasteiger partial charge on any atom is 0.332 e. The molecule has 11 nitrogen and oxygen atoms in total. The summed E-state index contributed by atoms with van der Waals surface area (Å²) in [6.07, 6.45) is 3.37. The highest BCUT2D eigenvalue weighted by Gasteiger charge is 2.33. The molecule has 0 unspecified atom stereocenters. The van der Waals surface area contributed by atoms with Crippen LogP contribution in [0.25, 0.3) is 16.9 Å². The lowest BCUT2D eigenvalue weighted by molar-refractivity contribution is 0.251. The Labute approximate surface area is 204 Å². The van der Waals surface area contributed by atoms with Crippen molar-refractivity contribution in [2.45, 2.75) is 6.54 Å². The van der Waals surface area contributed by atoms with Gasteiger partial charge in [0, 0.05) is 36.9 Å². The van der Waals surface area contributed by atoms with E-state index in [1.165, 1.54) is 0 Å². The minimum absolute atomic E-state index is 0.208. The largest absolute Gasteiger partial charge is 0.332 e. The number of urea groups is 1. The molecule has 0 bridgehead atoms. The second-order valence-corrected chi connectivity index (χ2v) is 8.52. The molecule has 1 aliphatic heterocycles. The summed E-state index contributed by atoms with van der Waals surface area (Å²) in [5.41, 5.74) is 3.00. The average Bonchev–Trinajstić information content (AvgIpc) is 3.48. The van der Waals surface area contributed by atoms with Crippen LogP contribution in [-0.4, -0.2) is 47.4 Å². The molecule has 4 aromatic heterocycles. The summed E-state index contributed by atoms with van der Waals surface area (Å²) >= 11 is 6.01.